The summed E-state index contributed by atoms with van der Waals surface area (Å²) >= 11 is 0. The quantitative estimate of drug-likeness (QED) is 0.797. The maximum absolute atomic E-state index is 6.12. The van der Waals surface area contributed by atoms with Crippen molar-refractivity contribution in [3.8, 4) is 17.1 Å². The number of hydrogen-bond acceptors (Lipinski definition) is 5. The molecule has 1 aliphatic rings. The Morgan fingerprint density at radius 1 is 1.42 bits per heavy atom. The molecule has 1 unspecified atom stereocenters. The molecule has 0 spiro atoms. The first-order valence-electron chi connectivity index (χ1n) is 8.34. The van der Waals surface area contributed by atoms with Crippen LogP contribution in [0.2, 0.25) is 0 Å². The molecule has 7 heteroatoms. The third kappa shape index (κ3) is 2.75. The highest BCUT2D eigenvalue weighted by molar-refractivity contribution is 5.96. The number of aromatic nitrogens is 5. The molecule has 0 amide bonds. The Kier molecular flexibility index (Phi) is 3.93. The second-order valence-electron chi connectivity index (χ2n) is 6.37. The highest BCUT2D eigenvalue weighted by Gasteiger charge is 2.21. The van der Waals surface area contributed by atoms with Crippen molar-refractivity contribution in [1.29, 1.82) is 0 Å². The van der Waals surface area contributed by atoms with E-state index in [0.717, 1.165) is 41.6 Å². The standard InChI is InChI=1S/C17H21N5O2/c1-11(2)22-9-12(8-19-22)16-15-14(20-21-16)5-6-18-17(15)24-13-4-3-7-23-10-13/h5-6,8-9,11,13H,3-4,7,10H2,1-2H3,(H,20,21). The maximum Gasteiger partial charge on any atom is 0.225 e. The van der Waals surface area contributed by atoms with Gasteiger partial charge in [0, 0.05) is 30.6 Å². The summed E-state index contributed by atoms with van der Waals surface area (Å²) in [5.41, 5.74) is 2.67. The molecule has 4 rings (SSSR count). The fourth-order valence-corrected chi connectivity index (χ4v) is 2.94. The topological polar surface area (TPSA) is 77.9 Å². The Morgan fingerprint density at radius 3 is 3.08 bits per heavy atom. The molecular formula is C17H21N5O2. The molecule has 0 saturated carbocycles. The number of aromatic amines is 1. The lowest BCUT2D eigenvalue weighted by atomic mass is 10.1. The van der Waals surface area contributed by atoms with Crippen molar-refractivity contribution in [2.24, 2.45) is 0 Å². The van der Waals surface area contributed by atoms with Crippen LogP contribution in [0.3, 0.4) is 0 Å². The third-order valence-corrected chi connectivity index (χ3v) is 4.24. The molecule has 0 bridgehead atoms. The van der Waals surface area contributed by atoms with Gasteiger partial charge in [0.25, 0.3) is 0 Å². The van der Waals surface area contributed by atoms with Crippen LogP contribution in [0.15, 0.2) is 24.7 Å². The fraction of sp³-hybridized carbons (Fsp3) is 0.471. The van der Waals surface area contributed by atoms with Crippen molar-refractivity contribution >= 4 is 10.9 Å². The van der Waals surface area contributed by atoms with Crippen molar-refractivity contribution < 1.29 is 9.47 Å². The molecule has 3 aromatic rings. The minimum absolute atomic E-state index is 0.0398. The van der Waals surface area contributed by atoms with Gasteiger partial charge in [-0.05, 0) is 32.8 Å². The van der Waals surface area contributed by atoms with Crippen LogP contribution in [0.1, 0.15) is 32.7 Å². The summed E-state index contributed by atoms with van der Waals surface area (Å²) in [4.78, 5) is 4.44. The molecule has 7 nitrogen and oxygen atoms in total. The Morgan fingerprint density at radius 2 is 2.33 bits per heavy atom. The van der Waals surface area contributed by atoms with Gasteiger partial charge in [-0.2, -0.15) is 10.2 Å². The second-order valence-corrected chi connectivity index (χ2v) is 6.37. The van der Waals surface area contributed by atoms with Crippen LogP contribution in [-0.4, -0.2) is 44.3 Å². The number of fused-ring (bicyclic) bond motifs is 1. The minimum Gasteiger partial charge on any atom is -0.471 e. The van der Waals surface area contributed by atoms with Gasteiger partial charge in [-0.3, -0.25) is 9.78 Å². The summed E-state index contributed by atoms with van der Waals surface area (Å²) in [7, 11) is 0. The van der Waals surface area contributed by atoms with E-state index < -0.39 is 0 Å². The Bertz CT molecular complexity index is 832. The number of H-pyrrole nitrogens is 1. The Labute approximate surface area is 140 Å². The summed E-state index contributed by atoms with van der Waals surface area (Å²) in [6.07, 6.45) is 7.60. The number of pyridine rings is 1. The lowest BCUT2D eigenvalue weighted by molar-refractivity contribution is 0.00624. The van der Waals surface area contributed by atoms with E-state index in [-0.39, 0.29) is 6.10 Å². The summed E-state index contributed by atoms with van der Waals surface area (Å²) in [6, 6.07) is 2.21. The summed E-state index contributed by atoms with van der Waals surface area (Å²) in [5, 5.41) is 12.8. The van der Waals surface area contributed by atoms with Gasteiger partial charge >= 0.3 is 0 Å². The van der Waals surface area contributed by atoms with Crippen LogP contribution in [-0.2, 0) is 4.74 Å². The molecule has 1 fully saturated rings. The molecule has 126 valence electrons. The van der Waals surface area contributed by atoms with Crippen LogP contribution < -0.4 is 4.74 Å². The van der Waals surface area contributed by atoms with E-state index in [2.05, 4.69) is 34.1 Å². The van der Waals surface area contributed by atoms with Gasteiger partial charge in [0.2, 0.25) is 5.88 Å². The Hall–Kier alpha value is -2.41. The number of rotatable bonds is 4. The monoisotopic (exact) mass is 327 g/mol. The van der Waals surface area contributed by atoms with Crippen molar-refractivity contribution in [3.63, 3.8) is 0 Å². The van der Waals surface area contributed by atoms with E-state index in [0.29, 0.717) is 18.5 Å². The molecule has 3 aromatic heterocycles. The molecule has 0 aromatic carbocycles. The van der Waals surface area contributed by atoms with Crippen LogP contribution in [0.25, 0.3) is 22.2 Å². The average molecular weight is 327 g/mol. The molecule has 0 aliphatic carbocycles. The molecule has 1 N–H and O–H groups in total. The first-order valence-corrected chi connectivity index (χ1v) is 8.34. The molecule has 1 saturated heterocycles. The molecular weight excluding hydrogens is 306 g/mol. The zero-order valence-corrected chi connectivity index (χ0v) is 13.9. The van der Waals surface area contributed by atoms with Gasteiger partial charge < -0.3 is 9.47 Å². The van der Waals surface area contributed by atoms with Gasteiger partial charge in [-0.1, -0.05) is 0 Å². The van der Waals surface area contributed by atoms with E-state index in [1.165, 1.54) is 0 Å². The lowest BCUT2D eigenvalue weighted by Crippen LogP contribution is -2.28. The van der Waals surface area contributed by atoms with Crippen molar-refractivity contribution in [2.45, 2.75) is 38.8 Å². The molecule has 1 aliphatic heterocycles. The summed E-state index contributed by atoms with van der Waals surface area (Å²) in [6.45, 7) is 5.61. The summed E-state index contributed by atoms with van der Waals surface area (Å²) < 4.78 is 13.5. The maximum atomic E-state index is 6.12. The molecule has 24 heavy (non-hydrogen) atoms. The highest BCUT2D eigenvalue weighted by Crippen LogP contribution is 2.33. The highest BCUT2D eigenvalue weighted by atomic mass is 16.5. The SMILES string of the molecule is CC(C)n1cc(-c2n[nH]c3ccnc(OC4CCCOC4)c23)cn1. The summed E-state index contributed by atoms with van der Waals surface area (Å²) in [5.74, 6) is 0.601. The number of nitrogens with one attached hydrogen (secondary N) is 1. The molecule has 4 heterocycles. The first-order chi connectivity index (χ1) is 11.7. The smallest absolute Gasteiger partial charge is 0.225 e. The largest absolute Gasteiger partial charge is 0.471 e. The van der Waals surface area contributed by atoms with Crippen LogP contribution in [0.5, 0.6) is 5.88 Å². The van der Waals surface area contributed by atoms with Crippen LogP contribution in [0, 0.1) is 0 Å². The van der Waals surface area contributed by atoms with E-state index in [1.54, 1.807) is 6.20 Å². The van der Waals surface area contributed by atoms with Gasteiger partial charge in [0.15, 0.2) is 0 Å². The van der Waals surface area contributed by atoms with Gasteiger partial charge in [-0.25, -0.2) is 4.98 Å². The van der Waals surface area contributed by atoms with Crippen molar-refractivity contribution in [1.82, 2.24) is 25.0 Å². The molecule has 1 atom stereocenters. The second kappa shape index (κ2) is 6.24. The van der Waals surface area contributed by atoms with Gasteiger partial charge in [0.05, 0.1) is 23.7 Å². The predicted molar refractivity (Wildman–Crippen MR) is 90.0 cm³/mol. The zero-order chi connectivity index (χ0) is 16.5. The zero-order valence-electron chi connectivity index (χ0n) is 13.9. The van der Waals surface area contributed by atoms with E-state index in [4.69, 9.17) is 9.47 Å². The Balaban J connectivity index is 1.73. The van der Waals surface area contributed by atoms with Gasteiger partial charge in [-0.15, -0.1) is 0 Å². The van der Waals surface area contributed by atoms with Crippen molar-refractivity contribution in [3.05, 3.63) is 24.7 Å². The van der Waals surface area contributed by atoms with E-state index in [9.17, 15) is 0 Å². The van der Waals surface area contributed by atoms with Crippen LogP contribution >= 0.6 is 0 Å². The third-order valence-electron chi connectivity index (χ3n) is 4.24. The van der Waals surface area contributed by atoms with E-state index in [1.807, 2.05) is 23.1 Å². The predicted octanol–water partition coefficient (Wildman–Crippen LogP) is 2.96. The lowest BCUT2D eigenvalue weighted by Gasteiger charge is -2.23. The van der Waals surface area contributed by atoms with Gasteiger partial charge in [0.1, 0.15) is 11.8 Å². The number of hydrogen-bond donors (Lipinski definition) is 1. The number of nitrogens with zero attached hydrogens (tertiary/aromatic N) is 4. The fourth-order valence-electron chi connectivity index (χ4n) is 2.94. The van der Waals surface area contributed by atoms with E-state index >= 15 is 0 Å². The molecule has 0 radical (unpaired) electrons. The average Bonchev–Trinajstić information content (AvgIpc) is 3.23. The van der Waals surface area contributed by atoms with Crippen LogP contribution in [0.4, 0.5) is 0 Å². The first kappa shape index (κ1) is 15.1. The number of ether oxygens (including phenoxy) is 2. The normalized spacial score (nSPS) is 18.4. The minimum atomic E-state index is 0.0398. The van der Waals surface area contributed by atoms with Crippen molar-refractivity contribution in [2.75, 3.05) is 13.2 Å².